The lowest BCUT2D eigenvalue weighted by atomic mass is 10.0. The number of nitrogens with one attached hydrogen (secondary N) is 2. The van der Waals surface area contributed by atoms with Crippen LogP contribution in [0, 0.1) is 0 Å². The topological polar surface area (TPSA) is 131 Å². The predicted octanol–water partition coefficient (Wildman–Crippen LogP) is 2.60. The van der Waals surface area contributed by atoms with Gasteiger partial charge in [-0.15, -0.1) is 0 Å². The highest BCUT2D eigenvalue weighted by atomic mass is 16.5. The number of esters is 1. The minimum atomic E-state index is -1.31. The van der Waals surface area contributed by atoms with Crippen LogP contribution in [0.1, 0.15) is 24.5 Å². The average molecular weight is 469 g/mol. The molecule has 2 aromatic carbocycles. The summed E-state index contributed by atoms with van der Waals surface area (Å²) in [6.45, 7) is 1.86. The molecule has 0 unspecified atom stereocenters. The number of alkyl carbamates (subject to hydrolysis) is 1. The van der Waals surface area contributed by atoms with Crippen molar-refractivity contribution >= 4 is 23.9 Å². The SMILES string of the molecule is CCOC(=O)/C=C/C[C@@H](NC(=O)[C@@H](Cc1ccccc1)NC(=O)OCc1ccccc1)C(=O)O. The molecular formula is C25H28N2O7. The van der Waals surface area contributed by atoms with E-state index in [2.05, 4.69) is 10.6 Å². The van der Waals surface area contributed by atoms with E-state index in [9.17, 15) is 24.3 Å². The molecule has 0 saturated carbocycles. The number of rotatable bonds is 12. The van der Waals surface area contributed by atoms with E-state index in [1.54, 1.807) is 43.3 Å². The number of carbonyl (C=O) groups is 4. The molecule has 2 amide bonds. The Hall–Kier alpha value is -4.14. The Labute approximate surface area is 197 Å². The Morgan fingerprint density at radius 2 is 1.50 bits per heavy atom. The zero-order chi connectivity index (χ0) is 24.8. The molecule has 3 N–H and O–H groups in total. The van der Waals surface area contributed by atoms with Crippen LogP contribution in [0.5, 0.6) is 0 Å². The molecule has 0 spiro atoms. The Morgan fingerprint density at radius 3 is 2.09 bits per heavy atom. The van der Waals surface area contributed by atoms with E-state index in [4.69, 9.17) is 9.47 Å². The Kier molecular flexibility index (Phi) is 10.8. The van der Waals surface area contributed by atoms with Gasteiger partial charge < -0.3 is 25.2 Å². The summed E-state index contributed by atoms with van der Waals surface area (Å²) in [7, 11) is 0. The number of benzene rings is 2. The number of ether oxygens (including phenoxy) is 2. The summed E-state index contributed by atoms with van der Waals surface area (Å²) in [6, 6.07) is 15.6. The minimum absolute atomic E-state index is 0.0166. The van der Waals surface area contributed by atoms with E-state index in [1.807, 2.05) is 24.3 Å². The van der Waals surface area contributed by atoms with Gasteiger partial charge in [-0.1, -0.05) is 66.7 Å². The molecule has 0 saturated heterocycles. The van der Waals surface area contributed by atoms with E-state index in [0.29, 0.717) is 0 Å². The number of carbonyl (C=O) groups excluding carboxylic acids is 3. The largest absolute Gasteiger partial charge is 0.480 e. The summed E-state index contributed by atoms with van der Waals surface area (Å²) in [6.07, 6.45) is 1.58. The Bertz CT molecular complexity index is 977. The van der Waals surface area contributed by atoms with Crippen LogP contribution in [0.4, 0.5) is 4.79 Å². The van der Waals surface area contributed by atoms with Gasteiger partial charge in [-0.05, 0) is 24.5 Å². The van der Waals surface area contributed by atoms with E-state index in [1.165, 1.54) is 6.08 Å². The van der Waals surface area contributed by atoms with Crippen molar-refractivity contribution in [1.82, 2.24) is 10.6 Å². The average Bonchev–Trinajstić information content (AvgIpc) is 2.83. The summed E-state index contributed by atoms with van der Waals surface area (Å²) in [5, 5.41) is 14.4. The zero-order valence-corrected chi connectivity index (χ0v) is 18.8. The third-order valence-corrected chi connectivity index (χ3v) is 4.63. The first kappa shape index (κ1) is 26.1. The first-order valence-electron chi connectivity index (χ1n) is 10.8. The van der Waals surface area contributed by atoms with Crippen molar-refractivity contribution in [3.05, 3.63) is 83.9 Å². The van der Waals surface area contributed by atoms with Crippen LogP contribution in [0.15, 0.2) is 72.8 Å². The van der Waals surface area contributed by atoms with Crippen LogP contribution in [0.2, 0.25) is 0 Å². The van der Waals surface area contributed by atoms with Gasteiger partial charge in [0, 0.05) is 12.5 Å². The standard InChI is InChI=1S/C25H28N2O7/c1-2-33-22(28)15-9-14-20(24(30)31)26-23(29)21(16-18-10-5-3-6-11-18)27-25(32)34-17-19-12-7-4-8-13-19/h3-13,15,20-21H,2,14,16-17H2,1H3,(H,26,29)(H,27,32)(H,30,31)/b15-9+/t20-,21-/m1/s1. The monoisotopic (exact) mass is 468 g/mol. The van der Waals surface area contributed by atoms with Crippen molar-refractivity contribution in [3.8, 4) is 0 Å². The molecule has 0 radical (unpaired) electrons. The molecule has 0 aromatic heterocycles. The summed E-state index contributed by atoms with van der Waals surface area (Å²) >= 11 is 0. The number of aliphatic carboxylic acids is 1. The van der Waals surface area contributed by atoms with Gasteiger partial charge in [0.15, 0.2) is 0 Å². The molecule has 0 aliphatic rings. The van der Waals surface area contributed by atoms with Gasteiger partial charge in [0.1, 0.15) is 18.7 Å². The molecular weight excluding hydrogens is 440 g/mol. The third-order valence-electron chi connectivity index (χ3n) is 4.63. The lowest BCUT2D eigenvalue weighted by molar-refractivity contribution is -0.142. The lowest BCUT2D eigenvalue weighted by Crippen LogP contribution is -2.52. The van der Waals surface area contributed by atoms with Crippen LogP contribution in [0.25, 0.3) is 0 Å². The summed E-state index contributed by atoms with van der Waals surface area (Å²) in [5.41, 5.74) is 1.54. The highest BCUT2D eigenvalue weighted by Crippen LogP contribution is 2.07. The van der Waals surface area contributed by atoms with Gasteiger partial charge >= 0.3 is 18.0 Å². The predicted molar refractivity (Wildman–Crippen MR) is 124 cm³/mol. The smallest absolute Gasteiger partial charge is 0.408 e. The van der Waals surface area contributed by atoms with E-state index in [0.717, 1.165) is 17.2 Å². The number of hydrogen-bond acceptors (Lipinski definition) is 6. The van der Waals surface area contributed by atoms with Gasteiger partial charge in [-0.25, -0.2) is 14.4 Å². The Balaban J connectivity index is 2.05. The molecule has 180 valence electrons. The maximum Gasteiger partial charge on any atom is 0.408 e. The molecule has 0 bridgehead atoms. The second kappa shape index (κ2) is 14.1. The highest BCUT2D eigenvalue weighted by molar-refractivity contribution is 5.89. The molecule has 0 aliphatic carbocycles. The maximum absolute atomic E-state index is 12.9. The molecule has 9 heteroatoms. The summed E-state index contributed by atoms with van der Waals surface area (Å²) < 4.78 is 9.95. The molecule has 0 fully saturated rings. The van der Waals surface area contributed by atoms with Gasteiger partial charge in [0.25, 0.3) is 0 Å². The molecule has 2 atom stereocenters. The number of hydrogen-bond donors (Lipinski definition) is 3. The molecule has 34 heavy (non-hydrogen) atoms. The number of carboxylic acids is 1. The fourth-order valence-corrected chi connectivity index (χ4v) is 2.95. The normalized spacial score (nSPS) is 12.4. The van der Waals surface area contributed by atoms with Crippen LogP contribution >= 0.6 is 0 Å². The second-order valence-corrected chi connectivity index (χ2v) is 7.24. The Morgan fingerprint density at radius 1 is 0.882 bits per heavy atom. The summed E-state index contributed by atoms with van der Waals surface area (Å²) in [4.78, 5) is 48.3. The molecule has 9 nitrogen and oxygen atoms in total. The minimum Gasteiger partial charge on any atom is -0.480 e. The fourth-order valence-electron chi connectivity index (χ4n) is 2.95. The van der Waals surface area contributed by atoms with Gasteiger partial charge in [-0.3, -0.25) is 4.79 Å². The molecule has 2 aromatic rings. The van der Waals surface area contributed by atoms with Crippen molar-refractivity contribution in [1.29, 1.82) is 0 Å². The lowest BCUT2D eigenvalue weighted by Gasteiger charge is -2.21. The zero-order valence-electron chi connectivity index (χ0n) is 18.8. The highest BCUT2D eigenvalue weighted by Gasteiger charge is 2.26. The second-order valence-electron chi connectivity index (χ2n) is 7.24. The first-order valence-corrected chi connectivity index (χ1v) is 10.8. The number of carboxylic acid groups (broad SMARTS) is 1. The molecule has 0 aliphatic heterocycles. The van der Waals surface area contributed by atoms with Crippen molar-refractivity contribution in [3.63, 3.8) is 0 Å². The van der Waals surface area contributed by atoms with Crippen molar-refractivity contribution in [2.75, 3.05) is 6.61 Å². The number of amides is 2. The van der Waals surface area contributed by atoms with Crippen molar-refractivity contribution in [2.24, 2.45) is 0 Å². The quantitative estimate of drug-likeness (QED) is 0.322. The fraction of sp³-hybridized carbons (Fsp3) is 0.280. The van der Waals surface area contributed by atoms with Crippen LogP contribution in [-0.2, 0) is 36.9 Å². The van der Waals surface area contributed by atoms with Crippen LogP contribution < -0.4 is 10.6 Å². The summed E-state index contributed by atoms with van der Waals surface area (Å²) in [5.74, 6) is -2.59. The van der Waals surface area contributed by atoms with Gasteiger partial charge in [0.05, 0.1) is 6.61 Å². The van der Waals surface area contributed by atoms with Gasteiger partial charge in [0.2, 0.25) is 5.91 Å². The molecule has 0 heterocycles. The van der Waals surface area contributed by atoms with E-state index >= 15 is 0 Å². The van der Waals surface area contributed by atoms with Crippen molar-refractivity contribution < 1.29 is 33.8 Å². The first-order chi connectivity index (χ1) is 16.4. The maximum atomic E-state index is 12.9. The molecule has 2 rings (SSSR count). The van der Waals surface area contributed by atoms with E-state index in [-0.39, 0.29) is 26.1 Å². The van der Waals surface area contributed by atoms with Crippen molar-refractivity contribution in [2.45, 2.75) is 38.5 Å². The third kappa shape index (κ3) is 9.56. The van der Waals surface area contributed by atoms with E-state index < -0.39 is 36.0 Å². The van der Waals surface area contributed by atoms with Crippen LogP contribution in [-0.4, -0.2) is 47.7 Å². The van der Waals surface area contributed by atoms with Crippen LogP contribution in [0.3, 0.4) is 0 Å². The van der Waals surface area contributed by atoms with Gasteiger partial charge in [-0.2, -0.15) is 0 Å².